The number of Topliss-reactive ketones (excluding diaryl/α,β-unsaturated/α-hetero) is 1. The van der Waals surface area contributed by atoms with Crippen LogP contribution in [-0.2, 0) is 4.74 Å². The minimum absolute atomic E-state index is 0.00825. The van der Waals surface area contributed by atoms with E-state index in [1.165, 1.54) is 28.4 Å². The molecule has 1 N–H and O–H groups in total. The van der Waals surface area contributed by atoms with Crippen LogP contribution < -0.4 is 18.9 Å². The van der Waals surface area contributed by atoms with Crippen molar-refractivity contribution in [3.8, 4) is 23.0 Å². The van der Waals surface area contributed by atoms with Gasteiger partial charge in [-0.1, -0.05) is 6.07 Å². The number of aliphatic hydroxyl groups excluding tert-OH is 1. The van der Waals surface area contributed by atoms with E-state index < -0.39 is 6.10 Å². The predicted octanol–water partition coefficient (Wildman–Crippen LogP) is 3.00. The maximum atomic E-state index is 12.7. The van der Waals surface area contributed by atoms with E-state index in [4.69, 9.17) is 23.7 Å². The van der Waals surface area contributed by atoms with Crippen LogP contribution in [0, 0.1) is 0 Å². The highest BCUT2D eigenvalue weighted by Crippen LogP contribution is 2.32. The van der Waals surface area contributed by atoms with Gasteiger partial charge in [0.05, 0.1) is 33.0 Å². The van der Waals surface area contributed by atoms with Gasteiger partial charge in [0.2, 0.25) is 0 Å². The zero-order valence-electron chi connectivity index (χ0n) is 15.9. The van der Waals surface area contributed by atoms with Crippen LogP contribution in [0.3, 0.4) is 0 Å². The second kappa shape index (κ2) is 9.80. The molecule has 0 bridgehead atoms. The van der Waals surface area contributed by atoms with Crippen LogP contribution in [0.15, 0.2) is 36.4 Å². The SMILES string of the molecule is COCOc1cc(OC)ccc1C(=O)C[C@H](O)c1ccc(OC)c(OC)c1. The third-order valence-electron chi connectivity index (χ3n) is 3.99. The summed E-state index contributed by atoms with van der Waals surface area (Å²) >= 11 is 0. The number of methoxy groups -OCH3 is 4. The molecule has 146 valence electrons. The summed E-state index contributed by atoms with van der Waals surface area (Å²) in [5.74, 6) is 1.64. The molecule has 0 saturated carbocycles. The fourth-order valence-electron chi connectivity index (χ4n) is 2.57. The number of ketones is 1. The minimum atomic E-state index is -1.00. The predicted molar refractivity (Wildman–Crippen MR) is 99.0 cm³/mol. The van der Waals surface area contributed by atoms with Gasteiger partial charge in [-0.2, -0.15) is 0 Å². The van der Waals surface area contributed by atoms with Crippen molar-refractivity contribution >= 4 is 5.78 Å². The summed E-state index contributed by atoms with van der Waals surface area (Å²) in [4.78, 5) is 12.7. The summed E-state index contributed by atoms with van der Waals surface area (Å²) in [5.41, 5.74) is 0.890. The number of benzene rings is 2. The van der Waals surface area contributed by atoms with E-state index in [1.54, 1.807) is 36.4 Å². The molecule has 0 unspecified atom stereocenters. The minimum Gasteiger partial charge on any atom is -0.497 e. The van der Waals surface area contributed by atoms with Gasteiger partial charge >= 0.3 is 0 Å². The van der Waals surface area contributed by atoms with Crippen LogP contribution in [0.2, 0.25) is 0 Å². The van der Waals surface area contributed by atoms with E-state index in [1.807, 2.05) is 0 Å². The third-order valence-corrected chi connectivity index (χ3v) is 3.99. The Morgan fingerprint density at radius 3 is 2.30 bits per heavy atom. The zero-order chi connectivity index (χ0) is 19.8. The first-order valence-corrected chi connectivity index (χ1v) is 8.27. The molecule has 2 aromatic rings. The molecule has 0 aromatic heterocycles. The van der Waals surface area contributed by atoms with E-state index >= 15 is 0 Å². The summed E-state index contributed by atoms with van der Waals surface area (Å²) < 4.78 is 25.9. The molecule has 2 aromatic carbocycles. The lowest BCUT2D eigenvalue weighted by Gasteiger charge is -2.15. The molecule has 0 saturated heterocycles. The van der Waals surface area contributed by atoms with Crippen molar-refractivity contribution in [3.05, 3.63) is 47.5 Å². The largest absolute Gasteiger partial charge is 0.497 e. The van der Waals surface area contributed by atoms with Crippen LogP contribution in [0.5, 0.6) is 23.0 Å². The lowest BCUT2D eigenvalue weighted by molar-refractivity contribution is 0.0498. The van der Waals surface area contributed by atoms with Gasteiger partial charge in [0.25, 0.3) is 0 Å². The first-order chi connectivity index (χ1) is 13.0. The number of hydrogen-bond acceptors (Lipinski definition) is 7. The second-order valence-corrected chi connectivity index (χ2v) is 5.67. The van der Waals surface area contributed by atoms with Gasteiger partial charge < -0.3 is 28.8 Å². The van der Waals surface area contributed by atoms with E-state index in [0.717, 1.165) is 0 Å². The van der Waals surface area contributed by atoms with Crippen molar-refractivity contribution in [1.29, 1.82) is 0 Å². The molecule has 0 fully saturated rings. The van der Waals surface area contributed by atoms with E-state index in [0.29, 0.717) is 34.1 Å². The third kappa shape index (κ3) is 5.12. The lowest BCUT2D eigenvalue weighted by atomic mass is 9.99. The number of carbonyl (C=O) groups is 1. The molecular formula is C20H24O7. The maximum absolute atomic E-state index is 12.7. The summed E-state index contributed by atoms with van der Waals surface area (Å²) in [6, 6.07) is 9.89. The van der Waals surface area contributed by atoms with Crippen molar-refractivity contribution in [2.45, 2.75) is 12.5 Å². The molecule has 7 nitrogen and oxygen atoms in total. The number of aliphatic hydroxyl groups is 1. The number of rotatable bonds is 10. The normalized spacial score (nSPS) is 11.6. The van der Waals surface area contributed by atoms with E-state index in [-0.39, 0.29) is 19.0 Å². The van der Waals surface area contributed by atoms with Crippen LogP contribution in [0.25, 0.3) is 0 Å². The topological polar surface area (TPSA) is 83.5 Å². The highest BCUT2D eigenvalue weighted by atomic mass is 16.7. The van der Waals surface area contributed by atoms with Crippen molar-refractivity contribution in [3.63, 3.8) is 0 Å². The number of hydrogen-bond donors (Lipinski definition) is 1. The smallest absolute Gasteiger partial charge is 0.188 e. The fraction of sp³-hybridized carbons (Fsp3) is 0.350. The summed E-state index contributed by atoms with van der Waals surface area (Å²) in [7, 11) is 6.05. The molecule has 0 radical (unpaired) electrons. The fourth-order valence-corrected chi connectivity index (χ4v) is 2.57. The quantitative estimate of drug-likeness (QED) is 0.504. The van der Waals surface area contributed by atoms with Crippen LogP contribution in [0.4, 0.5) is 0 Å². The monoisotopic (exact) mass is 376 g/mol. The molecule has 0 heterocycles. The summed E-state index contributed by atoms with van der Waals surface area (Å²) in [5, 5.41) is 10.5. The van der Waals surface area contributed by atoms with Gasteiger partial charge in [0.1, 0.15) is 11.5 Å². The number of carbonyl (C=O) groups excluding carboxylic acids is 1. The molecule has 0 aliphatic rings. The van der Waals surface area contributed by atoms with E-state index in [9.17, 15) is 9.90 Å². The van der Waals surface area contributed by atoms with Crippen molar-refractivity contribution in [2.75, 3.05) is 35.2 Å². The second-order valence-electron chi connectivity index (χ2n) is 5.67. The maximum Gasteiger partial charge on any atom is 0.188 e. The van der Waals surface area contributed by atoms with Gasteiger partial charge in [0, 0.05) is 19.6 Å². The van der Waals surface area contributed by atoms with Crippen LogP contribution >= 0.6 is 0 Å². The number of ether oxygens (including phenoxy) is 5. The van der Waals surface area contributed by atoms with Crippen LogP contribution in [-0.4, -0.2) is 46.1 Å². The standard InChI is InChI=1S/C20H24O7/c1-23-12-27-19-10-14(24-2)6-7-15(19)17(22)11-16(21)13-5-8-18(25-3)20(9-13)26-4/h5-10,16,21H,11-12H2,1-4H3/t16-/m0/s1. The molecule has 0 aliphatic carbocycles. The Bertz CT molecular complexity index is 773. The van der Waals surface area contributed by atoms with Gasteiger partial charge in [0.15, 0.2) is 24.1 Å². The molecule has 27 heavy (non-hydrogen) atoms. The van der Waals surface area contributed by atoms with Gasteiger partial charge in [-0.15, -0.1) is 0 Å². The Labute approximate surface area is 158 Å². The molecular weight excluding hydrogens is 352 g/mol. The Hall–Kier alpha value is -2.77. The molecule has 0 amide bonds. The highest BCUT2D eigenvalue weighted by Gasteiger charge is 2.20. The molecule has 1 atom stereocenters. The van der Waals surface area contributed by atoms with Gasteiger partial charge in [-0.25, -0.2) is 0 Å². The summed E-state index contributed by atoms with van der Waals surface area (Å²) in [6.45, 7) is -0.00825. The van der Waals surface area contributed by atoms with Gasteiger partial charge in [-0.3, -0.25) is 4.79 Å². The first kappa shape index (κ1) is 20.5. The molecule has 2 rings (SSSR count). The first-order valence-electron chi connectivity index (χ1n) is 8.27. The lowest BCUT2D eigenvalue weighted by Crippen LogP contribution is -2.10. The Kier molecular flexibility index (Phi) is 7.45. The molecule has 0 aliphatic heterocycles. The van der Waals surface area contributed by atoms with Crippen molar-refractivity contribution in [2.24, 2.45) is 0 Å². The molecule has 0 spiro atoms. The highest BCUT2D eigenvalue weighted by molar-refractivity contribution is 5.99. The average molecular weight is 376 g/mol. The van der Waals surface area contributed by atoms with Crippen LogP contribution in [0.1, 0.15) is 28.4 Å². The Morgan fingerprint density at radius 1 is 0.926 bits per heavy atom. The zero-order valence-corrected chi connectivity index (χ0v) is 15.9. The average Bonchev–Trinajstić information content (AvgIpc) is 2.71. The summed E-state index contributed by atoms with van der Waals surface area (Å²) in [6.07, 6.45) is -1.12. The molecule has 7 heteroatoms. The Balaban J connectivity index is 2.21. The van der Waals surface area contributed by atoms with Gasteiger partial charge in [-0.05, 0) is 29.8 Å². The van der Waals surface area contributed by atoms with Crippen molar-refractivity contribution < 1.29 is 33.6 Å². The van der Waals surface area contributed by atoms with Crippen molar-refractivity contribution in [1.82, 2.24) is 0 Å². The van der Waals surface area contributed by atoms with E-state index in [2.05, 4.69) is 0 Å². The Morgan fingerprint density at radius 2 is 1.67 bits per heavy atom.